The third-order valence-electron chi connectivity index (χ3n) is 7.61. The average molecular weight is 585 g/mol. The SMILES string of the molecule is CCCN(CCC)C(=O)c1cc(C(=O)N[C@@H](Cc2ccccc2)[C@H](O)CNC2CC2)cc(N2CCCCS2(=O)=O)c1. The Labute approximate surface area is 244 Å². The fourth-order valence-electron chi connectivity index (χ4n) is 5.25. The summed E-state index contributed by atoms with van der Waals surface area (Å²) in [4.78, 5) is 29.1. The van der Waals surface area contributed by atoms with Gasteiger partial charge in [0.25, 0.3) is 11.8 Å². The van der Waals surface area contributed by atoms with Gasteiger partial charge in [-0.3, -0.25) is 13.9 Å². The Morgan fingerprint density at radius 1 is 1.02 bits per heavy atom. The van der Waals surface area contributed by atoms with Gasteiger partial charge in [0, 0.05) is 43.3 Å². The molecule has 0 aromatic heterocycles. The molecule has 1 aliphatic heterocycles. The van der Waals surface area contributed by atoms with Crippen LogP contribution in [0, 0.1) is 0 Å². The first-order valence-corrected chi connectivity index (χ1v) is 16.5. The van der Waals surface area contributed by atoms with Crippen molar-refractivity contribution in [3.05, 3.63) is 65.2 Å². The van der Waals surface area contributed by atoms with Gasteiger partial charge >= 0.3 is 0 Å². The normalized spacial score (nSPS) is 18.0. The van der Waals surface area contributed by atoms with Crippen molar-refractivity contribution in [3.8, 4) is 0 Å². The summed E-state index contributed by atoms with van der Waals surface area (Å²) in [5.41, 5.74) is 1.78. The predicted octanol–water partition coefficient (Wildman–Crippen LogP) is 3.33. The number of carbonyl (C=O) groups is 2. The van der Waals surface area contributed by atoms with Gasteiger partial charge in [-0.25, -0.2) is 8.42 Å². The van der Waals surface area contributed by atoms with Crippen LogP contribution in [-0.4, -0.2) is 80.4 Å². The van der Waals surface area contributed by atoms with E-state index in [1.807, 2.05) is 44.2 Å². The second-order valence-corrected chi connectivity index (χ2v) is 13.2. The van der Waals surface area contributed by atoms with E-state index in [9.17, 15) is 23.1 Å². The number of amides is 2. The zero-order valence-corrected chi connectivity index (χ0v) is 25.0. The predicted molar refractivity (Wildman–Crippen MR) is 162 cm³/mol. The second kappa shape index (κ2) is 14.3. The maximum absolute atomic E-state index is 13.8. The first-order chi connectivity index (χ1) is 19.7. The number of sulfonamides is 1. The third-order valence-corrected chi connectivity index (χ3v) is 9.48. The molecule has 0 bridgehead atoms. The topological polar surface area (TPSA) is 119 Å². The van der Waals surface area contributed by atoms with Crippen LogP contribution in [0.2, 0.25) is 0 Å². The Bertz CT molecular complexity index is 1280. The molecule has 0 unspecified atom stereocenters. The second-order valence-electron chi connectivity index (χ2n) is 11.2. The molecule has 1 aliphatic carbocycles. The molecule has 4 rings (SSSR count). The zero-order valence-electron chi connectivity index (χ0n) is 24.2. The van der Waals surface area contributed by atoms with Crippen LogP contribution < -0.4 is 14.9 Å². The highest BCUT2D eigenvalue weighted by Gasteiger charge is 2.30. The van der Waals surface area contributed by atoms with Crippen LogP contribution in [-0.2, 0) is 16.4 Å². The molecule has 2 atom stereocenters. The number of nitrogens with zero attached hydrogens (tertiary/aromatic N) is 2. The quantitative estimate of drug-likeness (QED) is 0.314. The van der Waals surface area contributed by atoms with E-state index in [0.717, 1.165) is 31.2 Å². The molecule has 2 aliphatic rings. The Morgan fingerprint density at radius 3 is 2.34 bits per heavy atom. The lowest BCUT2D eigenvalue weighted by atomic mass is 10.00. The molecule has 0 radical (unpaired) electrons. The molecule has 10 heteroatoms. The number of aliphatic hydroxyl groups excluding tert-OH is 1. The minimum absolute atomic E-state index is 0.0316. The van der Waals surface area contributed by atoms with E-state index in [1.54, 1.807) is 23.1 Å². The molecular formula is C31H44N4O5S. The largest absolute Gasteiger partial charge is 0.390 e. The van der Waals surface area contributed by atoms with Crippen LogP contribution in [0.25, 0.3) is 0 Å². The monoisotopic (exact) mass is 584 g/mol. The number of aliphatic hydroxyl groups is 1. The van der Waals surface area contributed by atoms with Crippen molar-refractivity contribution in [2.24, 2.45) is 0 Å². The van der Waals surface area contributed by atoms with Crippen molar-refractivity contribution in [2.45, 2.75) is 77.0 Å². The number of hydrogen-bond acceptors (Lipinski definition) is 6. The van der Waals surface area contributed by atoms with Crippen LogP contribution in [0.1, 0.15) is 78.7 Å². The summed E-state index contributed by atoms with van der Waals surface area (Å²) in [7, 11) is -3.56. The number of anilines is 1. The van der Waals surface area contributed by atoms with Crippen LogP contribution in [0.3, 0.4) is 0 Å². The number of rotatable bonds is 14. The number of nitrogens with one attached hydrogen (secondary N) is 2. The fourth-order valence-corrected chi connectivity index (χ4v) is 6.87. The molecule has 2 amide bonds. The van der Waals surface area contributed by atoms with Crippen molar-refractivity contribution in [2.75, 3.05) is 36.2 Å². The van der Waals surface area contributed by atoms with Crippen LogP contribution >= 0.6 is 0 Å². The number of carbonyl (C=O) groups excluding carboxylic acids is 2. The summed E-state index contributed by atoms with van der Waals surface area (Å²) in [6, 6.07) is 14.2. The van der Waals surface area contributed by atoms with Gasteiger partial charge in [0.2, 0.25) is 10.0 Å². The van der Waals surface area contributed by atoms with E-state index in [2.05, 4.69) is 10.6 Å². The number of hydrogen-bond donors (Lipinski definition) is 3. The lowest BCUT2D eigenvalue weighted by Gasteiger charge is -2.30. The van der Waals surface area contributed by atoms with Crippen LogP contribution in [0.15, 0.2) is 48.5 Å². The van der Waals surface area contributed by atoms with Crippen LogP contribution in [0.5, 0.6) is 0 Å². The first kappa shape index (κ1) is 31.0. The molecule has 1 saturated heterocycles. The third kappa shape index (κ3) is 8.53. The highest BCUT2D eigenvalue weighted by Crippen LogP contribution is 2.27. The minimum Gasteiger partial charge on any atom is -0.390 e. The van der Waals surface area contributed by atoms with Gasteiger partial charge in [-0.2, -0.15) is 0 Å². The zero-order chi connectivity index (χ0) is 29.4. The molecule has 2 fully saturated rings. The van der Waals surface area contributed by atoms with Crippen LogP contribution in [0.4, 0.5) is 5.69 Å². The number of benzene rings is 2. The standard InChI is InChI=1S/C31H44N4O5S/c1-3-14-34(15-4-2)31(38)25-19-24(20-27(21-25)35-16-8-9-17-41(35,39)40)30(37)33-28(18-23-10-6-5-7-11-23)29(36)22-32-26-12-13-26/h5-7,10-11,19-21,26,28-29,32,36H,3-4,8-9,12-18,22H2,1-2H3,(H,33,37)/t28-,29+/m0/s1. The van der Waals surface area contributed by atoms with Gasteiger partial charge < -0.3 is 20.6 Å². The Hall–Kier alpha value is -2.95. The molecule has 2 aromatic rings. The van der Waals surface area contributed by atoms with E-state index in [4.69, 9.17) is 0 Å². The van der Waals surface area contributed by atoms with Gasteiger partial charge in [-0.15, -0.1) is 0 Å². The highest BCUT2D eigenvalue weighted by atomic mass is 32.2. The first-order valence-electron chi connectivity index (χ1n) is 14.9. The van der Waals surface area contributed by atoms with Gasteiger partial charge in [0.15, 0.2) is 0 Å². The van der Waals surface area contributed by atoms with Crippen molar-refractivity contribution in [3.63, 3.8) is 0 Å². The van der Waals surface area contributed by atoms with Crippen molar-refractivity contribution >= 4 is 27.5 Å². The van der Waals surface area contributed by atoms with Gasteiger partial charge in [0.1, 0.15) is 0 Å². The van der Waals surface area contributed by atoms with E-state index in [0.29, 0.717) is 57.2 Å². The van der Waals surface area contributed by atoms with Gasteiger partial charge in [0.05, 0.1) is 23.6 Å². The fraction of sp³-hybridized carbons (Fsp3) is 0.548. The van der Waals surface area contributed by atoms with Gasteiger partial charge in [-0.05, 0) is 68.7 Å². The summed E-state index contributed by atoms with van der Waals surface area (Å²) in [5, 5.41) is 17.4. The molecule has 9 nitrogen and oxygen atoms in total. The van der Waals surface area contributed by atoms with Gasteiger partial charge in [-0.1, -0.05) is 44.2 Å². The molecular weight excluding hydrogens is 540 g/mol. The van der Waals surface area contributed by atoms with E-state index in [-0.39, 0.29) is 22.8 Å². The van der Waals surface area contributed by atoms with Crippen molar-refractivity contribution in [1.29, 1.82) is 0 Å². The summed E-state index contributed by atoms with van der Waals surface area (Å²) in [5.74, 6) is -0.656. The lowest BCUT2D eigenvalue weighted by molar-refractivity contribution is 0.0755. The van der Waals surface area contributed by atoms with E-state index in [1.165, 1.54) is 4.31 Å². The highest BCUT2D eigenvalue weighted by molar-refractivity contribution is 7.92. The van der Waals surface area contributed by atoms with Crippen molar-refractivity contribution in [1.82, 2.24) is 15.5 Å². The maximum Gasteiger partial charge on any atom is 0.253 e. The molecule has 224 valence electrons. The minimum atomic E-state index is -3.56. The van der Waals surface area contributed by atoms with E-state index < -0.39 is 28.1 Å². The summed E-state index contributed by atoms with van der Waals surface area (Å²) < 4.78 is 27.3. The summed E-state index contributed by atoms with van der Waals surface area (Å²) in [6.07, 6.45) is 4.61. The molecule has 1 saturated carbocycles. The molecule has 2 aromatic carbocycles. The Balaban J connectivity index is 1.66. The lowest BCUT2D eigenvalue weighted by Crippen LogP contribution is -2.49. The molecule has 1 heterocycles. The van der Waals surface area contributed by atoms with Crippen molar-refractivity contribution < 1.29 is 23.1 Å². The average Bonchev–Trinajstić information content (AvgIpc) is 3.80. The summed E-state index contributed by atoms with van der Waals surface area (Å²) in [6.45, 7) is 5.79. The molecule has 41 heavy (non-hydrogen) atoms. The molecule has 3 N–H and O–H groups in total. The van der Waals surface area contributed by atoms with E-state index >= 15 is 0 Å². The molecule has 0 spiro atoms. The summed E-state index contributed by atoms with van der Waals surface area (Å²) >= 11 is 0. The maximum atomic E-state index is 13.8. The smallest absolute Gasteiger partial charge is 0.253 e. The Kier molecular flexibility index (Phi) is 10.8. The Morgan fingerprint density at radius 2 is 1.71 bits per heavy atom.